The number of likely N-dealkylation sites (N-methyl/N-ethyl adjacent to an activating group) is 1. The Bertz CT molecular complexity index is 1380. The van der Waals surface area contributed by atoms with Gasteiger partial charge in [0.2, 0.25) is 0 Å². The first kappa shape index (κ1) is 24.9. The molecule has 3 heterocycles. The molecule has 1 unspecified atom stereocenters. The molecule has 2 fully saturated rings. The molecule has 2 aliphatic rings. The van der Waals surface area contributed by atoms with Gasteiger partial charge in [0.05, 0.1) is 26.6 Å². The van der Waals surface area contributed by atoms with Gasteiger partial charge >= 0.3 is 0 Å². The van der Waals surface area contributed by atoms with E-state index in [0.717, 1.165) is 36.9 Å². The standard InChI is InChI=1S/C26H32FN5O3S/c1-4-32-14-23(34-3)24(15-32)35-22-12-18(27)7-8-20(22)30-26-25-17(2)11-19(13-21(25)28-16-29-26)31-36(33)9-5-6-10-36/h7-8,11-13,16,23-24H,4-6,9-10,14-15H2,1-3H3,(H,28,29,30)/t23?,24-/m1/s1. The SMILES string of the molecule is CCN1CC(OC)[C@H](Oc2cc(F)ccc2Nc2ncnc3cc(N=S4(=O)CCCC4)cc(C)c23)C1. The number of anilines is 2. The number of benzene rings is 2. The van der Waals surface area contributed by atoms with Crippen molar-refractivity contribution in [2.45, 2.75) is 38.9 Å². The van der Waals surface area contributed by atoms with E-state index in [9.17, 15) is 8.60 Å². The number of nitrogens with one attached hydrogen (secondary N) is 1. The molecule has 3 aromatic rings. The number of aromatic nitrogens is 2. The van der Waals surface area contributed by atoms with Crippen LogP contribution >= 0.6 is 0 Å². The van der Waals surface area contributed by atoms with Gasteiger partial charge in [-0.25, -0.2) is 18.6 Å². The Morgan fingerprint density at radius 3 is 2.69 bits per heavy atom. The van der Waals surface area contributed by atoms with Crippen molar-refractivity contribution in [2.24, 2.45) is 4.36 Å². The number of likely N-dealkylation sites (tertiary alicyclic amines) is 1. The normalized spacial score (nSPS) is 21.7. The third-order valence-electron chi connectivity index (χ3n) is 6.88. The molecule has 0 bridgehead atoms. The largest absolute Gasteiger partial charge is 0.484 e. The number of rotatable bonds is 7. The lowest BCUT2D eigenvalue weighted by molar-refractivity contribution is 0.0343. The fourth-order valence-corrected chi connectivity index (χ4v) is 7.15. The average Bonchev–Trinajstić information content (AvgIpc) is 3.46. The average molecular weight is 514 g/mol. The first-order valence-corrected chi connectivity index (χ1v) is 14.2. The van der Waals surface area contributed by atoms with Crippen molar-refractivity contribution in [1.82, 2.24) is 14.9 Å². The Hall–Kier alpha value is -2.82. The summed E-state index contributed by atoms with van der Waals surface area (Å²) in [5.41, 5.74) is 2.89. The van der Waals surface area contributed by atoms with Gasteiger partial charge in [0, 0.05) is 43.2 Å². The van der Waals surface area contributed by atoms with Crippen LogP contribution in [0.2, 0.25) is 0 Å². The smallest absolute Gasteiger partial charge is 0.146 e. The van der Waals surface area contributed by atoms with Gasteiger partial charge in [0.15, 0.2) is 0 Å². The third kappa shape index (κ3) is 5.16. The van der Waals surface area contributed by atoms with E-state index >= 15 is 0 Å². The van der Waals surface area contributed by atoms with E-state index in [1.165, 1.54) is 18.5 Å². The molecule has 0 amide bonds. The molecular weight excluding hydrogens is 481 g/mol. The van der Waals surface area contributed by atoms with Crippen molar-refractivity contribution in [1.29, 1.82) is 0 Å². The van der Waals surface area contributed by atoms with Crippen LogP contribution in [-0.2, 0) is 14.5 Å². The summed E-state index contributed by atoms with van der Waals surface area (Å²) in [5, 5.41) is 4.15. The lowest BCUT2D eigenvalue weighted by Crippen LogP contribution is -2.31. The quantitative estimate of drug-likeness (QED) is 0.485. The highest BCUT2D eigenvalue weighted by molar-refractivity contribution is 7.93. The van der Waals surface area contributed by atoms with Crippen LogP contribution in [0.5, 0.6) is 5.75 Å². The van der Waals surface area contributed by atoms with E-state index in [-0.39, 0.29) is 18.0 Å². The maximum Gasteiger partial charge on any atom is 0.146 e. The summed E-state index contributed by atoms with van der Waals surface area (Å²) >= 11 is 0. The molecule has 0 saturated carbocycles. The van der Waals surface area contributed by atoms with Crippen LogP contribution < -0.4 is 10.1 Å². The Morgan fingerprint density at radius 2 is 1.94 bits per heavy atom. The van der Waals surface area contributed by atoms with Crippen LogP contribution in [0.3, 0.4) is 0 Å². The molecule has 0 spiro atoms. The van der Waals surface area contributed by atoms with E-state index in [0.29, 0.717) is 46.5 Å². The lowest BCUT2D eigenvalue weighted by atomic mass is 10.1. The summed E-state index contributed by atoms with van der Waals surface area (Å²) in [6.45, 7) is 6.42. The second-order valence-electron chi connectivity index (χ2n) is 9.41. The molecule has 2 atom stereocenters. The summed E-state index contributed by atoms with van der Waals surface area (Å²) in [6.07, 6.45) is 3.06. The van der Waals surface area contributed by atoms with E-state index in [1.807, 2.05) is 19.1 Å². The molecule has 8 nitrogen and oxygen atoms in total. The monoisotopic (exact) mass is 513 g/mol. The minimum Gasteiger partial charge on any atom is -0.484 e. The van der Waals surface area contributed by atoms with Gasteiger partial charge < -0.3 is 14.8 Å². The maximum atomic E-state index is 14.2. The van der Waals surface area contributed by atoms with Crippen LogP contribution in [0.1, 0.15) is 25.3 Å². The van der Waals surface area contributed by atoms with Gasteiger partial charge in [0.1, 0.15) is 35.9 Å². The minimum atomic E-state index is -2.18. The number of ether oxygens (including phenoxy) is 2. The van der Waals surface area contributed by atoms with Crippen LogP contribution in [0.15, 0.2) is 41.0 Å². The van der Waals surface area contributed by atoms with Gasteiger partial charge in [-0.15, -0.1) is 0 Å². The van der Waals surface area contributed by atoms with Crippen molar-refractivity contribution in [3.63, 3.8) is 0 Å². The summed E-state index contributed by atoms with van der Waals surface area (Å²) in [5.74, 6) is 1.89. The zero-order chi connectivity index (χ0) is 25.3. The van der Waals surface area contributed by atoms with Gasteiger partial charge in [-0.3, -0.25) is 4.90 Å². The van der Waals surface area contributed by atoms with E-state index in [1.54, 1.807) is 13.2 Å². The number of hydrogen-bond acceptors (Lipinski definition) is 8. The Kier molecular flexibility index (Phi) is 7.09. The molecule has 5 rings (SSSR count). The van der Waals surface area contributed by atoms with Crippen molar-refractivity contribution in [3.05, 3.63) is 48.0 Å². The van der Waals surface area contributed by atoms with E-state index in [2.05, 4.69) is 31.5 Å². The van der Waals surface area contributed by atoms with Crippen LogP contribution in [0.4, 0.5) is 21.6 Å². The molecule has 10 heteroatoms. The summed E-state index contributed by atoms with van der Waals surface area (Å²) in [6, 6.07) is 8.20. The van der Waals surface area contributed by atoms with Crippen molar-refractivity contribution in [3.8, 4) is 5.75 Å². The van der Waals surface area contributed by atoms with Crippen molar-refractivity contribution < 1.29 is 18.1 Å². The molecule has 1 aromatic heterocycles. The number of halogens is 1. The Balaban J connectivity index is 1.47. The Labute approximate surface area is 211 Å². The second kappa shape index (κ2) is 10.3. The Morgan fingerprint density at radius 1 is 1.17 bits per heavy atom. The molecular formula is C26H32FN5O3S. The zero-order valence-electron chi connectivity index (χ0n) is 20.9. The molecule has 2 aromatic carbocycles. The van der Waals surface area contributed by atoms with Gasteiger partial charge in [-0.05, 0) is 56.1 Å². The highest BCUT2D eigenvalue weighted by atomic mass is 32.2. The fourth-order valence-electron chi connectivity index (χ4n) is 4.97. The summed E-state index contributed by atoms with van der Waals surface area (Å²) in [4.78, 5) is 11.2. The maximum absolute atomic E-state index is 14.2. The number of hydrogen-bond donors (Lipinski definition) is 1. The summed E-state index contributed by atoms with van der Waals surface area (Å²) < 4.78 is 43.7. The van der Waals surface area contributed by atoms with E-state index in [4.69, 9.17) is 9.47 Å². The van der Waals surface area contributed by atoms with Gasteiger partial charge in [-0.1, -0.05) is 6.92 Å². The lowest BCUT2D eigenvalue weighted by Gasteiger charge is -2.21. The number of methoxy groups -OCH3 is 1. The number of aryl methyl sites for hydroxylation is 1. The first-order valence-electron chi connectivity index (χ1n) is 12.3. The van der Waals surface area contributed by atoms with E-state index < -0.39 is 9.73 Å². The molecule has 2 aliphatic heterocycles. The molecule has 2 saturated heterocycles. The molecule has 192 valence electrons. The topological polar surface area (TPSA) is 88.9 Å². The third-order valence-corrected chi connectivity index (χ3v) is 9.28. The highest BCUT2D eigenvalue weighted by Gasteiger charge is 2.34. The first-order chi connectivity index (χ1) is 17.4. The van der Waals surface area contributed by atoms with Crippen LogP contribution in [-0.4, -0.2) is 69.5 Å². The predicted octanol–water partition coefficient (Wildman–Crippen LogP) is 4.81. The molecule has 36 heavy (non-hydrogen) atoms. The second-order valence-corrected chi connectivity index (χ2v) is 12.0. The number of nitrogens with zero attached hydrogens (tertiary/aromatic N) is 4. The van der Waals surface area contributed by atoms with Gasteiger partial charge in [0.25, 0.3) is 0 Å². The fraction of sp³-hybridized carbons (Fsp3) is 0.462. The minimum absolute atomic E-state index is 0.100. The number of fused-ring (bicyclic) bond motifs is 1. The van der Waals surface area contributed by atoms with Crippen molar-refractivity contribution >= 4 is 37.8 Å². The molecule has 0 radical (unpaired) electrons. The highest BCUT2D eigenvalue weighted by Crippen LogP contribution is 2.35. The van der Waals surface area contributed by atoms with Gasteiger partial charge in [-0.2, -0.15) is 4.36 Å². The predicted molar refractivity (Wildman–Crippen MR) is 140 cm³/mol. The summed E-state index contributed by atoms with van der Waals surface area (Å²) in [7, 11) is -0.514. The van der Waals surface area contributed by atoms with Crippen LogP contribution in [0.25, 0.3) is 10.9 Å². The zero-order valence-corrected chi connectivity index (χ0v) is 21.7. The molecule has 1 N–H and O–H groups in total. The van der Waals surface area contributed by atoms with Crippen molar-refractivity contribution in [2.75, 3.05) is 43.6 Å². The molecule has 0 aliphatic carbocycles. The van der Waals surface area contributed by atoms with Crippen LogP contribution in [0, 0.1) is 12.7 Å².